The van der Waals surface area contributed by atoms with Crippen LogP contribution in [0, 0.1) is 28.4 Å². The Labute approximate surface area is 107 Å². The van der Waals surface area contributed by atoms with Crippen molar-refractivity contribution in [3.05, 3.63) is 35.4 Å². The fraction of sp³-hybridized carbons (Fsp3) is 0.571. The van der Waals surface area contributed by atoms with Crippen molar-refractivity contribution in [3.8, 4) is 0 Å². The highest BCUT2D eigenvalue weighted by molar-refractivity contribution is 5.29. The first-order valence-electron chi connectivity index (χ1n) is 6.14. The fourth-order valence-electron chi connectivity index (χ4n) is 3.20. The molecule has 4 heteroatoms. The van der Waals surface area contributed by atoms with E-state index in [1.54, 1.807) is 0 Å². The smallest absolute Gasteiger partial charge is 0.128 e. The molecule has 1 aliphatic rings. The van der Waals surface area contributed by atoms with E-state index in [-0.39, 0.29) is 22.8 Å². The van der Waals surface area contributed by atoms with Gasteiger partial charge in [-0.2, -0.15) is 0 Å². The van der Waals surface area contributed by atoms with Crippen LogP contribution in [0.3, 0.4) is 0 Å². The fourth-order valence-corrected chi connectivity index (χ4v) is 3.20. The van der Waals surface area contributed by atoms with Gasteiger partial charge in [-0.05, 0) is 34.9 Å². The van der Waals surface area contributed by atoms with Crippen molar-refractivity contribution < 1.29 is 8.78 Å². The zero-order valence-corrected chi connectivity index (χ0v) is 11.2. The molecule has 0 heterocycles. The molecule has 0 aromatic heterocycles. The third-order valence-electron chi connectivity index (χ3n) is 4.94. The predicted octanol–water partition coefficient (Wildman–Crippen LogP) is 3.15. The van der Waals surface area contributed by atoms with E-state index < -0.39 is 11.6 Å². The highest BCUT2D eigenvalue weighted by atomic mass is 19.1. The van der Waals surface area contributed by atoms with E-state index in [4.69, 9.17) is 5.84 Å². The Balaban J connectivity index is 2.39. The molecule has 100 valence electrons. The molecule has 0 amide bonds. The highest BCUT2D eigenvalue weighted by Gasteiger charge is 2.67. The van der Waals surface area contributed by atoms with Gasteiger partial charge in [0.2, 0.25) is 0 Å². The average molecular weight is 254 g/mol. The van der Waals surface area contributed by atoms with Gasteiger partial charge in [0.05, 0.1) is 6.04 Å². The number of nitrogens with one attached hydrogen (secondary N) is 1. The van der Waals surface area contributed by atoms with Gasteiger partial charge in [-0.25, -0.2) is 8.78 Å². The molecule has 1 aromatic rings. The zero-order chi connectivity index (χ0) is 13.7. The van der Waals surface area contributed by atoms with E-state index in [1.165, 1.54) is 6.07 Å². The molecule has 0 bridgehead atoms. The Morgan fingerprint density at radius 3 is 2.17 bits per heavy atom. The molecule has 0 radical (unpaired) electrons. The normalized spacial score (nSPS) is 22.8. The summed E-state index contributed by atoms with van der Waals surface area (Å²) in [5.41, 5.74) is 3.05. The number of halogens is 2. The third kappa shape index (κ3) is 1.75. The molecule has 18 heavy (non-hydrogen) atoms. The Bertz CT molecular complexity index is 455. The van der Waals surface area contributed by atoms with Crippen molar-refractivity contribution >= 4 is 0 Å². The summed E-state index contributed by atoms with van der Waals surface area (Å²) in [4.78, 5) is 0. The molecular weight excluding hydrogens is 234 g/mol. The second-order valence-electron chi connectivity index (χ2n) is 6.23. The predicted molar refractivity (Wildman–Crippen MR) is 67.5 cm³/mol. The molecule has 1 saturated carbocycles. The number of hydrazine groups is 1. The van der Waals surface area contributed by atoms with E-state index in [0.717, 1.165) is 12.1 Å². The number of rotatable bonds is 3. The second kappa shape index (κ2) is 4.00. The molecule has 0 aliphatic heterocycles. The molecule has 1 aromatic carbocycles. The minimum atomic E-state index is -0.442. The van der Waals surface area contributed by atoms with Crippen LogP contribution in [-0.4, -0.2) is 0 Å². The minimum absolute atomic E-state index is 0.0444. The van der Waals surface area contributed by atoms with Gasteiger partial charge in [0.1, 0.15) is 11.6 Å². The summed E-state index contributed by atoms with van der Waals surface area (Å²) in [6.07, 6.45) is 0. The van der Waals surface area contributed by atoms with Gasteiger partial charge in [-0.15, -0.1) is 0 Å². The van der Waals surface area contributed by atoms with E-state index in [0.29, 0.717) is 5.56 Å². The topological polar surface area (TPSA) is 38.0 Å². The van der Waals surface area contributed by atoms with Crippen LogP contribution in [-0.2, 0) is 0 Å². The quantitative estimate of drug-likeness (QED) is 0.642. The van der Waals surface area contributed by atoms with Crippen LogP contribution in [0.5, 0.6) is 0 Å². The zero-order valence-electron chi connectivity index (χ0n) is 11.2. The number of benzene rings is 1. The number of hydrogen-bond donors (Lipinski definition) is 2. The molecule has 0 spiro atoms. The van der Waals surface area contributed by atoms with Gasteiger partial charge in [0, 0.05) is 5.56 Å². The monoisotopic (exact) mass is 254 g/mol. The Hall–Kier alpha value is -1.00. The molecule has 3 N–H and O–H groups in total. The van der Waals surface area contributed by atoms with Crippen molar-refractivity contribution in [3.63, 3.8) is 0 Å². The van der Waals surface area contributed by atoms with Crippen LogP contribution in [0.25, 0.3) is 0 Å². The molecule has 1 fully saturated rings. The Morgan fingerprint density at radius 2 is 1.72 bits per heavy atom. The molecular formula is C14H20F2N2. The first-order chi connectivity index (χ1) is 8.23. The Morgan fingerprint density at radius 1 is 1.17 bits per heavy atom. The minimum Gasteiger partial charge on any atom is -0.271 e. The summed E-state index contributed by atoms with van der Waals surface area (Å²) in [6.45, 7) is 8.50. The van der Waals surface area contributed by atoms with Crippen LogP contribution in [0.4, 0.5) is 8.78 Å². The molecule has 0 saturated heterocycles. The van der Waals surface area contributed by atoms with Gasteiger partial charge in [-0.1, -0.05) is 27.7 Å². The lowest BCUT2D eigenvalue weighted by Gasteiger charge is -2.19. The average Bonchev–Trinajstić information content (AvgIpc) is 2.67. The highest BCUT2D eigenvalue weighted by Crippen LogP contribution is 2.72. The summed E-state index contributed by atoms with van der Waals surface area (Å²) in [5, 5.41) is 0. The summed E-state index contributed by atoms with van der Waals surface area (Å²) < 4.78 is 27.1. The van der Waals surface area contributed by atoms with Gasteiger partial charge < -0.3 is 0 Å². The van der Waals surface area contributed by atoms with E-state index in [1.807, 2.05) is 0 Å². The lowest BCUT2D eigenvalue weighted by atomic mass is 9.96. The van der Waals surface area contributed by atoms with Gasteiger partial charge in [0.15, 0.2) is 0 Å². The number of hydrogen-bond acceptors (Lipinski definition) is 2. The Kier molecular flexibility index (Phi) is 2.98. The van der Waals surface area contributed by atoms with Crippen LogP contribution >= 0.6 is 0 Å². The maximum absolute atomic E-state index is 13.8. The first-order valence-corrected chi connectivity index (χ1v) is 6.14. The summed E-state index contributed by atoms with van der Waals surface area (Å²) >= 11 is 0. The van der Waals surface area contributed by atoms with Crippen LogP contribution in [0.15, 0.2) is 18.2 Å². The van der Waals surface area contributed by atoms with Crippen LogP contribution < -0.4 is 11.3 Å². The molecule has 1 unspecified atom stereocenters. The third-order valence-corrected chi connectivity index (χ3v) is 4.94. The maximum Gasteiger partial charge on any atom is 0.128 e. The lowest BCUT2D eigenvalue weighted by molar-refractivity contribution is 0.400. The van der Waals surface area contributed by atoms with Crippen molar-refractivity contribution in [2.75, 3.05) is 0 Å². The number of nitrogens with two attached hydrogens (primary N) is 1. The van der Waals surface area contributed by atoms with Gasteiger partial charge in [-0.3, -0.25) is 11.3 Å². The standard InChI is InChI=1S/C14H20F2N2/c1-13(2)12(14(13,3)4)11(18-17)9-7-8(15)5-6-10(9)16/h5-7,11-12,18H,17H2,1-4H3. The first kappa shape index (κ1) is 13.4. The maximum atomic E-state index is 13.8. The second-order valence-corrected chi connectivity index (χ2v) is 6.23. The summed E-state index contributed by atoms with van der Waals surface area (Å²) in [6, 6.07) is 3.13. The van der Waals surface area contributed by atoms with E-state index in [2.05, 4.69) is 33.1 Å². The van der Waals surface area contributed by atoms with Crippen molar-refractivity contribution in [2.45, 2.75) is 33.7 Å². The van der Waals surface area contributed by atoms with E-state index >= 15 is 0 Å². The van der Waals surface area contributed by atoms with Gasteiger partial charge >= 0.3 is 0 Å². The SMILES string of the molecule is CC1(C)C(C(NN)c2cc(F)ccc2F)C1(C)C. The molecule has 1 aliphatic carbocycles. The molecule has 2 nitrogen and oxygen atoms in total. The lowest BCUT2D eigenvalue weighted by Crippen LogP contribution is -2.32. The van der Waals surface area contributed by atoms with Crippen LogP contribution in [0.1, 0.15) is 39.3 Å². The largest absolute Gasteiger partial charge is 0.271 e. The van der Waals surface area contributed by atoms with Gasteiger partial charge in [0.25, 0.3) is 0 Å². The summed E-state index contributed by atoms with van der Waals surface area (Å²) in [5.74, 6) is 4.88. The van der Waals surface area contributed by atoms with Crippen LogP contribution in [0.2, 0.25) is 0 Å². The molecule has 1 atom stereocenters. The molecule has 2 rings (SSSR count). The van der Waals surface area contributed by atoms with E-state index in [9.17, 15) is 8.78 Å². The van der Waals surface area contributed by atoms with Crippen molar-refractivity contribution in [1.29, 1.82) is 0 Å². The summed E-state index contributed by atoms with van der Waals surface area (Å²) in [7, 11) is 0. The van der Waals surface area contributed by atoms with Crippen molar-refractivity contribution in [2.24, 2.45) is 22.6 Å². The van der Waals surface area contributed by atoms with Crippen molar-refractivity contribution in [1.82, 2.24) is 5.43 Å².